The van der Waals surface area contributed by atoms with Crippen molar-refractivity contribution in [2.45, 2.75) is 17.4 Å². The average Bonchev–Trinajstić information content (AvgIpc) is 2.18. The quantitative estimate of drug-likeness (QED) is 0.617. The van der Waals surface area contributed by atoms with Crippen LogP contribution in [0.3, 0.4) is 0 Å². The molecule has 1 atom stereocenters. The molecule has 0 bridgehead atoms. The van der Waals surface area contributed by atoms with Gasteiger partial charge in [0.05, 0.1) is 6.10 Å². The number of alkyl halides is 1. The van der Waals surface area contributed by atoms with Gasteiger partial charge in [-0.2, -0.15) is 0 Å². The molecule has 0 saturated heterocycles. The lowest BCUT2D eigenvalue weighted by atomic mass is 10.1. The fraction of sp³-hybridized carbons (Fsp3) is 0.400. The number of hydrogen-bond acceptors (Lipinski definition) is 2. The first kappa shape index (κ1) is 10.9. The predicted molar refractivity (Wildman–Crippen MR) is 58.5 cm³/mol. The molecular weight excluding hydrogens is 204 g/mol. The molecule has 13 heavy (non-hydrogen) atoms. The maximum absolute atomic E-state index is 9.59. The van der Waals surface area contributed by atoms with Gasteiger partial charge in [-0.15, -0.1) is 23.4 Å². The smallest absolute Gasteiger partial charge is 0.0801 e. The van der Waals surface area contributed by atoms with Gasteiger partial charge in [-0.25, -0.2) is 0 Å². The van der Waals surface area contributed by atoms with E-state index < -0.39 is 6.10 Å². The van der Waals surface area contributed by atoms with Crippen LogP contribution in [0.15, 0.2) is 29.2 Å². The molecule has 0 aliphatic rings. The Morgan fingerprint density at radius 2 is 2.00 bits per heavy atom. The third-order valence-corrected chi connectivity index (χ3v) is 2.84. The summed E-state index contributed by atoms with van der Waals surface area (Å²) < 4.78 is 0. The second-order valence-electron chi connectivity index (χ2n) is 2.77. The lowest BCUT2D eigenvalue weighted by Gasteiger charge is -2.08. The summed E-state index contributed by atoms with van der Waals surface area (Å²) in [6, 6.07) is 7.92. The minimum absolute atomic E-state index is 0.423. The standard InChI is InChI=1S/C10H13ClOS/c1-13-9-4-2-8(3-5-9)10(12)6-7-11/h2-5,10,12H,6-7H2,1H3. The minimum atomic E-state index is -0.423. The molecule has 0 aromatic heterocycles. The maximum atomic E-state index is 9.59. The van der Waals surface area contributed by atoms with Gasteiger partial charge in [0.15, 0.2) is 0 Å². The fourth-order valence-electron chi connectivity index (χ4n) is 1.10. The van der Waals surface area contributed by atoms with Crippen LogP contribution >= 0.6 is 23.4 Å². The summed E-state index contributed by atoms with van der Waals surface area (Å²) in [7, 11) is 0. The first-order valence-electron chi connectivity index (χ1n) is 4.16. The molecule has 0 aliphatic carbocycles. The molecule has 0 spiro atoms. The Morgan fingerprint density at radius 3 is 2.46 bits per heavy atom. The molecule has 1 aromatic carbocycles. The summed E-state index contributed by atoms with van der Waals surface area (Å²) in [5.74, 6) is 0.492. The molecule has 0 heterocycles. The second-order valence-corrected chi connectivity index (χ2v) is 4.02. The molecule has 72 valence electrons. The minimum Gasteiger partial charge on any atom is -0.388 e. The summed E-state index contributed by atoms with van der Waals surface area (Å²) in [5, 5.41) is 9.59. The van der Waals surface area contributed by atoms with Gasteiger partial charge in [0, 0.05) is 10.8 Å². The monoisotopic (exact) mass is 216 g/mol. The largest absolute Gasteiger partial charge is 0.388 e. The maximum Gasteiger partial charge on any atom is 0.0801 e. The van der Waals surface area contributed by atoms with Crippen molar-refractivity contribution < 1.29 is 5.11 Å². The van der Waals surface area contributed by atoms with Crippen LogP contribution < -0.4 is 0 Å². The first-order chi connectivity index (χ1) is 6.27. The van der Waals surface area contributed by atoms with Crippen molar-refractivity contribution in [2.75, 3.05) is 12.1 Å². The van der Waals surface area contributed by atoms with Crippen LogP contribution in [0.25, 0.3) is 0 Å². The Bertz CT molecular complexity index is 248. The number of aliphatic hydroxyl groups excluding tert-OH is 1. The van der Waals surface area contributed by atoms with Crippen LogP contribution in [-0.4, -0.2) is 17.2 Å². The molecule has 0 aliphatic heterocycles. The first-order valence-corrected chi connectivity index (χ1v) is 5.92. The predicted octanol–water partition coefficient (Wildman–Crippen LogP) is 3.07. The van der Waals surface area contributed by atoms with E-state index in [0.29, 0.717) is 12.3 Å². The Morgan fingerprint density at radius 1 is 1.38 bits per heavy atom. The van der Waals surface area contributed by atoms with Crippen LogP contribution in [-0.2, 0) is 0 Å². The van der Waals surface area contributed by atoms with E-state index in [-0.39, 0.29) is 0 Å². The zero-order chi connectivity index (χ0) is 9.68. The zero-order valence-electron chi connectivity index (χ0n) is 7.53. The highest BCUT2D eigenvalue weighted by molar-refractivity contribution is 7.98. The number of benzene rings is 1. The molecule has 0 fully saturated rings. The third-order valence-electron chi connectivity index (χ3n) is 1.88. The average molecular weight is 217 g/mol. The molecule has 1 nitrogen and oxygen atoms in total. The lowest BCUT2D eigenvalue weighted by Crippen LogP contribution is -1.97. The third kappa shape index (κ3) is 3.22. The highest BCUT2D eigenvalue weighted by Gasteiger charge is 2.05. The summed E-state index contributed by atoms with van der Waals surface area (Å²) in [6.07, 6.45) is 2.22. The van der Waals surface area contributed by atoms with Crippen molar-refractivity contribution in [2.24, 2.45) is 0 Å². The lowest BCUT2D eigenvalue weighted by molar-refractivity contribution is 0.174. The summed E-state index contributed by atoms with van der Waals surface area (Å²) in [5.41, 5.74) is 0.943. The van der Waals surface area contributed by atoms with Crippen molar-refractivity contribution in [3.63, 3.8) is 0 Å². The van der Waals surface area contributed by atoms with Crippen LogP contribution in [0.1, 0.15) is 18.1 Å². The van der Waals surface area contributed by atoms with E-state index in [1.165, 1.54) is 4.90 Å². The summed E-state index contributed by atoms with van der Waals surface area (Å²) in [6.45, 7) is 0. The number of aliphatic hydroxyl groups is 1. The number of hydrogen-bond donors (Lipinski definition) is 1. The Hall–Kier alpha value is -0.180. The zero-order valence-corrected chi connectivity index (χ0v) is 9.11. The second kappa shape index (κ2) is 5.53. The summed E-state index contributed by atoms with van der Waals surface area (Å²) in [4.78, 5) is 1.21. The van der Waals surface area contributed by atoms with Crippen molar-refractivity contribution in [3.05, 3.63) is 29.8 Å². The Labute approximate surface area is 88.1 Å². The van der Waals surface area contributed by atoms with E-state index in [9.17, 15) is 5.11 Å². The van der Waals surface area contributed by atoms with Gasteiger partial charge in [-0.3, -0.25) is 0 Å². The van der Waals surface area contributed by atoms with Crippen LogP contribution in [0.4, 0.5) is 0 Å². The molecule has 0 amide bonds. The van der Waals surface area contributed by atoms with E-state index in [1.807, 2.05) is 30.5 Å². The van der Waals surface area contributed by atoms with E-state index in [2.05, 4.69) is 0 Å². The highest BCUT2D eigenvalue weighted by atomic mass is 35.5. The van der Waals surface area contributed by atoms with E-state index in [0.717, 1.165) is 5.56 Å². The highest BCUT2D eigenvalue weighted by Crippen LogP contribution is 2.21. The Kier molecular flexibility index (Phi) is 4.64. The Balaban J connectivity index is 2.67. The normalized spacial score (nSPS) is 12.8. The molecule has 3 heteroatoms. The van der Waals surface area contributed by atoms with E-state index in [1.54, 1.807) is 11.8 Å². The van der Waals surface area contributed by atoms with Crippen molar-refractivity contribution >= 4 is 23.4 Å². The molecule has 1 rings (SSSR count). The van der Waals surface area contributed by atoms with Gasteiger partial charge in [-0.1, -0.05) is 12.1 Å². The molecule has 1 N–H and O–H groups in total. The summed E-state index contributed by atoms with van der Waals surface area (Å²) >= 11 is 7.24. The van der Waals surface area contributed by atoms with Gasteiger partial charge in [0.2, 0.25) is 0 Å². The van der Waals surface area contributed by atoms with Gasteiger partial charge in [-0.05, 0) is 30.4 Å². The molecule has 0 radical (unpaired) electrons. The molecule has 0 saturated carbocycles. The van der Waals surface area contributed by atoms with Gasteiger partial charge in [0.1, 0.15) is 0 Å². The van der Waals surface area contributed by atoms with E-state index in [4.69, 9.17) is 11.6 Å². The number of rotatable bonds is 4. The molecular formula is C10H13ClOS. The van der Waals surface area contributed by atoms with Crippen molar-refractivity contribution in [1.82, 2.24) is 0 Å². The van der Waals surface area contributed by atoms with E-state index >= 15 is 0 Å². The van der Waals surface area contributed by atoms with Crippen molar-refractivity contribution in [3.8, 4) is 0 Å². The van der Waals surface area contributed by atoms with Gasteiger partial charge in [0.25, 0.3) is 0 Å². The molecule has 1 unspecified atom stereocenters. The van der Waals surface area contributed by atoms with Crippen LogP contribution in [0.5, 0.6) is 0 Å². The van der Waals surface area contributed by atoms with Crippen LogP contribution in [0, 0.1) is 0 Å². The topological polar surface area (TPSA) is 20.2 Å². The SMILES string of the molecule is CSc1ccc(C(O)CCCl)cc1. The number of thioether (sulfide) groups is 1. The van der Waals surface area contributed by atoms with Gasteiger partial charge >= 0.3 is 0 Å². The number of halogens is 1. The fourth-order valence-corrected chi connectivity index (χ4v) is 1.71. The molecule has 1 aromatic rings. The van der Waals surface area contributed by atoms with Gasteiger partial charge < -0.3 is 5.11 Å². The van der Waals surface area contributed by atoms with Crippen molar-refractivity contribution in [1.29, 1.82) is 0 Å². The van der Waals surface area contributed by atoms with Crippen LogP contribution in [0.2, 0.25) is 0 Å².